The quantitative estimate of drug-likeness (QED) is 0.794. The van der Waals surface area contributed by atoms with Gasteiger partial charge in [0, 0.05) is 38.1 Å². The number of aromatic nitrogens is 2. The van der Waals surface area contributed by atoms with Crippen LogP contribution in [0.3, 0.4) is 0 Å². The van der Waals surface area contributed by atoms with Crippen molar-refractivity contribution in [2.75, 3.05) is 12.3 Å². The summed E-state index contributed by atoms with van der Waals surface area (Å²) in [5, 5.41) is 0. The standard InChI is InChI=1S/C12H15FN4O2S/c1-17-5-4-15-12(17)2-3-16-20(18,19)11-7-9(13)6-10(14)8-11/h4-8,16H,2-3,14H2,1H3. The highest BCUT2D eigenvalue weighted by molar-refractivity contribution is 7.89. The van der Waals surface area contributed by atoms with E-state index in [-0.39, 0.29) is 17.1 Å². The highest BCUT2D eigenvalue weighted by atomic mass is 32.2. The van der Waals surface area contributed by atoms with E-state index in [0.29, 0.717) is 6.42 Å². The minimum absolute atomic E-state index is 0.0643. The Hall–Kier alpha value is -1.93. The van der Waals surface area contributed by atoms with Crippen LogP contribution in [0.25, 0.3) is 0 Å². The van der Waals surface area contributed by atoms with Crippen molar-refractivity contribution in [2.24, 2.45) is 7.05 Å². The minimum Gasteiger partial charge on any atom is -0.399 e. The van der Waals surface area contributed by atoms with Crippen LogP contribution in [-0.4, -0.2) is 24.5 Å². The van der Waals surface area contributed by atoms with Gasteiger partial charge in [-0.1, -0.05) is 0 Å². The molecular weight excluding hydrogens is 283 g/mol. The number of nitrogen functional groups attached to an aromatic ring is 1. The number of imidazole rings is 1. The molecule has 20 heavy (non-hydrogen) atoms. The molecule has 3 N–H and O–H groups in total. The normalized spacial score (nSPS) is 11.7. The van der Waals surface area contributed by atoms with Crippen LogP contribution in [0.15, 0.2) is 35.5 Å². The average Bonchev–Trinajstić information content (AvgIpc) is 2.74. The Morgan fingerprint density at radius 2 is 2.15 bits per heavy atom. The Balaban J connectivity index is 2.06. The zero-order valence-corrected chi connectivity index (χ0v) is 11.7. The fraction of sp³-hybridized carbons (Fsp3) is 0.250. The van der Waals surface area contributed by atoms with E-state index < -0.39 is 15.8 Å². The Morgan fingerprint density at radius 1 is 1.40 bits per heavy atom. The van der Waals surface area contributed by atoms with E-state index in [1.807, 2.05) is 7.05 Å². The van der Waals surface area contributed by atoms with Gasteiger partial charge >= 0.3 is 0 Å². The maximum Gasteiger partial charge on any atom is 0.240 e. The van der Waals surface area contributed by atoms with Crippen molar-refractivity contribution in [2.45, 2.75) is 11.3 Å². The molecule has 0 aliphatic carbocycles. The van der Waals surface area contributed by atoms with E-state index in [1.165, 1.54) is 6.07 Å². The summed E-state index contributed by atoms with van der Waals surface area (Å²) in [6, 6.07) is 3.21. The average molecular weight is 298 g/mol. The maximum absolute atomic E-state index is 13.2. The zero-order valence-electron chi connectivity index (χ0n) is 10.9. The van der Waals surface area contributed by atoms with Crippen LogP contribution in [-0.2, 0) is 23.5 Å². The molecule has 2 aromatic rings. The molecule has 0 aliphatic heterocycles. The van der Waals surface area contributed by atoms with Gasteiger partial charge < -0.3 is 10.3 Å². The predicted molar refractivity (Wildman–Crippen MR) is 72.9 cm³/mol. The third-order valence-electron chi connectivity index (χ3n) is 2.77. The number of sulfonamides is 1. The fourth-order valence-electron chi connectivity index (χ4n) is 1.76. The topological polar surface area (TPSA) is 90.0 Å². The van der Waals surface area contributed by atoms with Crippen LogP contribution in [0.1, 0.15) is 5.82 Å². The molecule has 0 saturated heterocycles. The van der Waals surface area contributed by atoms with Crippen molar-refractivity contribution >= 4 is 15.7 Å². The number of aryl methyl sites for hydroxylation is 1. The van der Waals surface area contributed by atoms with Crippen molar-refractivity contribution in [1.29, 1.82) is 0 Å². The van der Waals surface area contributed by atoms with Crippen LogP contribution < -0.4 is 10.5 Å². The summed E-state index contributed by atoms with van der Waals surface area (Å²) in [5.41, 5.74) is 5.50. The van der Waals surface area contributed by atoms with Gasteiger partial charge in [0.25, 0.3) is 0 Å². The third-order valence-corrected chi connectivity index (χ3v) is 4.21. The van der Waals surface area contributed by atoms with Crippen molar-refractivity contribution in [3.05, 3.63) is 42.2 Å². The number of hydrogen-bond acceptors (Lipinski definition) is 4. The van der Waals surface area contributed by atoms with Gasteiger partial charge in [-0.05, 0) is 18.2 Å². The largest absolute Gasteiger partial charge is 0.399 e. The predicted octanol–water partition coefficient (Wildman–Crippen LogP) is 0.662. The fourth-order valence-corrected chi connectivity index (χ4v) is 2.85. The van der Waals surface area contributed by atoms with Gasteiger partial charge in [0.2, 0.25) is 10.0 Å². The van der Waals surface area contributed by atoms with Gasteiger partial charge in [-0.2, -0.15) is 0 Å². The second-order valence-electron chi connectivity index (χ2n) is 4.32. The van der Waals surface area contributed by atoms with E-state index >= 15 is 0 Å². The van der Waals surface area contributed by atoms with Gasteiger partial charge in [0.1, 0.15) is 11.6 Å². The van der Waals surface area contributed by atoms with Crippen LogP contribution >= 0.6 is 0 Å². The van der Waals surface area contributed by atoms with Crippen LogP contribution in [0, 0.1) is 5.82 Å². The van der Waals surface area contributed by atoms with Crippen molar-refractivity contribution < 1.29 is 12.8 Å². The van der Waals surface area contributed by atoms with E-state index in [1.54, 1.807) is 17.0 Å². The van der Waals surface area contributed by atoms with E-state index in [0.717, 1.165) is 18.0 Å². The summed E-state index contributed by atoms with van der Waals surface area (Å²) in [5.74, 6) is 0.0703. The Bertz CT molecular complexity index is 692. The summed E-state index contributed by atoms with van der Waals surface area (Å²) in [6.45, 7) is 0.170. The molecule has 1 heterocycles. The first-order valence-corrected chi connectivity index (χ1v) is 7.39. The first kappa shape index (κ1) is 14.5. The second-order valence-corrected chi connectivity index (χ2v) is 6.09. The van der Waals surface area contributed by atoms with Gasteiger partial charge in [-0.25, -0.2) is 22.5 Å². The summed E-state index contributed by atoms with van der Waals surface area (Å²) >= 11 is 0. The Kier molecular flexibility index (Phi) is 4.05. The van der Waals surface area contributed by atoms with E-state index in [2.05, 4.69) is 9.71 Å². The highest BCUT2D eigenvalue weighted by Crippen LogP contribution is 2.15. The van der Waals surface area contributed by atoms with Gasteiger partial charge in [0.05, 0.1) is 4.90 Å². The third kappa shape index (κ3) is 3.34. The summed E-state index contributed by atoms with van der Waals surface area (Å²) in [6.07, 6.45) is 3.85. The molecule has 108 valence electrons. The molecule has 2 rings (SSSR count). The molecule has 0 radical (unpaired) electrons. The number of rotatable bonds is 5. The maximum atomic E-state index is 13.2. The molecule has 0 bridgehead atoms. The van der Waals surface area contributed by atoms with Gasteiger partial charge in [-0.15, -0.1) is 0 Å². The number of nitrogens with one attached hydrogen (secondary N) is 1. The van der Waals surface area contributed by atoms with E-state index in [4.69, 9.17) is 5.73 Å². The minimum atomic E-state index is -3.78. The summed E-state index contributed by atoms with van der Waals surface area (Å²) in [7, 11) is -1.95. The molecule has 6 nitrogen and oxygen atoms in total. The SMILES string of the molecule is Cn1ccnc1CCNS(=O)(=O)c1cc(N)cc(F)c1. The molecule has 0 saturated carbocycles. The van der Waals surface area contributed by atoms with Crippen molar-refractivity contribution in [1.82, 2.24) is 14.3 Å². The molecular formula is C12H15FN4O2S. The second kappa shape index (κ2) is 5.59. The lowest BCUT2D eigenvalue weighted by atomic mass is 10.3. The highest BCUT2D eigenvalue weighted by Gasteiger charge is 2.15. The van der Waals surface area contributed by atoms with Crippen LogP contribution in [0.2, 0.25) is 0 Å². The zero-order chi connectivity index (χ0) is 14.8. The molecule has 0 spiro atoms. The molecule has 0 unspecified atom stereocenters. The Labute approximate surface area is 116 Å². The number of benzene rings is 1. The van der Waals surface area contributed by atoms with E-state index in [9.17, 15) is 12.8 Å². The van der Waals surface area contributed by atoms with Crippen molar-refractivity contribution in [3.63, 3.8) is 0 Å². The number of nitrogens with zero attached hydrogens (tertiary/aromatic N) is 2. The van der Waals surface area contributed by atoms with Gasteiger partial charge in [-0.3, -0.25) is 0 Å². The molecule has 1 aromatic carbocycles. The molecule has 8 heteroatoms. The van der Waals surface area contributed by atoms with Crippen LogP contribution in [0.4, 0.5) is 10.1 Å². The molecule has 0 aliphatic rings. The molecule has 0 atom stereocenters. The first-order chi connectivity index (χ1) is 9.38. The number of anilines is 1. The smallest absolute Gasteiger partial charge is 0.240 e. The van der Waals surface area contributed by atoms with Gasteiger partial charge in [0.15, 0.2) is 0 Å². The Morgan fingerprint density at radius 3 is 2.75 bits per heavy atom. The number of halogens is 1. The monoisotopic (exact) mass is 298 g/mol. The summed E-state index contributed by atoms with van der Waals surface area (Å²) in [4.78, 5) is 3.90. The van der Waals surface area contributed by atoms with Crippen LogP contribution in [0.5, 0.6) is 0 Å². The lowest BCUT2D eigenvalue weighted by molar-refractivity contribution is 0.576. The molecule has 0 fully saturated rings. The number of nitrogens with two attached hydrogens (primary N) is 1. The first-order valence-electron chi connectivity index (χ1n) is 5.90. The number of hydrogen-bond donors (Lipinski definition) is 2. The lowest BCUT2D eigenvalue weighted by Gasteiger charge is -2.08. The molecule has 1 aromatic heterocycles. The molecule has 0 amide bonds. The summed E-state index contributed by atoms with van der Waals surface area (Å²) < 4.78 is 41.3. The lowest BCUT2D eigenvalue weighted by Crippen LogP contribution is -2.26. The van der Waals surface area contributed by atoms with Crippen molar-refractivity contribution in [3.8, 4) is 0 Å².